The number of ether oxygens (including phenoxy) is 2. The summed E-state index contributed by atoms with van der Waals surface area (Å²) in [4.78, 5) is 2.23. The van der Waals surface area contributed by atoms with Crippen LogP contribution < -0.4 is 9.47 Å². The van der Waals surface area contributed by atoms with E-state index < -0.39 is 0 Å². The van der Waals surface area contributed by atoms with Gasteiger partial charge < -0.3 is 9.47 Å². The molecule has 22 heavy (non-hydrogen) atoms. The van der Waals surface area contributed by atoms with Gasteiger partial charge in [0.1, 0.15) is 13.2 Å². The van der Waals surface area contributed by atoms with E-state index >= 15 is 0 Å². The van der Waals surface area contributed by atoms with Gasteiger partial charge in [-0.25, -0.2) is 0 Å². The molecule has 0 saturated carbocycles. The van der Waals surface area contributed by atoms with Gasteiger partial charge in [0.2, 0.25) is 0 Å². The first kappa shape index (κ1) is 14.4. The normalized spacial score (nSPS) is 13.0. The second-order valence-corrected chi connectivity index (χ2v) is 5.46. The summed E-state index contributed by atoms with van der Waals surface area (Å²) in [5.74, 6) is 1.65. The smallest absolute Gasteiger partial charge is 0.161 e. The number of rotatable bonds is 4. The standard InChI is InChI=1S/C18H18N2O2/c1-20(12-15-4-2-14(11-19)3-5-15)13-16-6-7-17-18(10-16)22-9-8-21-17/h2-7,10H,8-9,12-13H2,1H3. The molecule has 3 rings (SSSR count). The van der Waals surface area contributed by atoms with E-state index in [0.29, 0.717) is 18.8 Å². The van der Waals surface area contributed by atoms with Gasteiger partial charge in [-0.15, -0.1) is 0 Å². The van der Waals surface area contributed by atoms with Gasteiger partial charge in [0, 0.05) is 13.1 Å². The first-order valence-corrected chi connectivity index (χ1v) is 7.31. The Kier molecular flexibility index (Phi) is 4.27. The average molecular weight is 294 g/mol. The van der Waals surface area contributed by atoms with Crippen molar-refractivity contribution in [3.05, 3.63) is 59.2 Å². The van der Waals surface area contributed by atoms with Gasteiger partial charge in [0.25, 0.3) is 0 Å². The first-order valence-electron chi connectivity index (χ1n) is 7.31. The minimum atomic E-state index is 0.609. The van der Waals surface area contributed by atoms with Gasteiger partial charge in [-0.05, 0) is 42.4 Å². The molecular weight excluding hydrogens is 276 g/mol. The van der Waals surface area contributed by atoms with Crippen LogP contribution in [0.1, 0.15) is 16.7 Å². The third-order valence-electron chi connectivity index (χ3n) is 3.59. The van der Waals surface area contributed by atoms with Crippen molar-refractivity contribution in [2.24, 2.45) is 0 Å². The summed E-state index contributed by atoms with van der Waals surface area (Å²) >= 11 is 0. The van der Waals surface area contributed by atoms with E-state index in [9.17, 15) is 0 Å². The highest BCUT2D eigenvalue weighted by molar-refractivity contribution is 5.43. The van der Waals surface area contributed by atoms with Crippen LogP contribution in [0.2, 0.25) is 0 Å². The molecule has 0 amide bonds. The molecule has 0 fully saturated rings. The highest BCUT2D eigenvalue weighted by atomic mass is 16.6. The molecule has 1 heterocycles. The minimum Gasteiger partial charge on any atom is -0.486 e. The number of hydrogen-bond donors (Lipinski definition) is 0. The second-order valence-electron chi connectivity index (χ2n) is 5.46. The average Bonchev–Trinajstić information content (AvgIpc) is 2.55. The molecule has 0 saturated heterocycles. The molecule has 0 aliphatic carbocycles. The van der Waals surface area contributed by atoms with Crippen LogP contribution in [0.3, 0.4) is 0 Å². The van der Waals surface area contributed by atoms with Crippen molar-refractivity contribution in [2.75, 3.05) is 20.3 Å². The van der Waals surface area contributed by atoms with Crippen LogP contribution in [-0.4, -0.2) is 25.2 Å². The van der Waals surface area contributed by atoms with Crippen molar-refractivity contribution in [3.63, 3.8) is 0 Å². The third-order valence-corrected chi connectivity index (χ3v) is 3.59. The Labute approximate surface area is 130 Å². The number of nitriles is 1. The van der Waals surface area contributed by atoms with Crippen molar-refractivity contribution in [3.8, 4) is 17.6 Å². The summed E-state index contributed by atoms with van der Waals surface area (Å²) in [5, 5.41) is 8.82. The Morgan fingerprint density at radius 2 is 1.59 bits per heavy atom. The SMILES string of the molecule is CN(Cc1ccc(C#N)cc1)Cc1ccc2c(c1)OCCO2. The van der Waals surface area contributed by atoms with Crippen LogP contribution >= 0.6 is 0 Å². The monoisotopic (exact) mass is 294 g/mol. The van der Waals surface area contributed by atoms with Crippen molar-refractivity contribution >= 4 is 0 Å². The molecule has 0 aromatic heterocycles. The summed E-state index contributed by atoms with van der Waals surface area (Å²) in [6.07, 6.45) is 0. The van der Waals surface area contributed by atoms with Crippen molar-refractivity contribution in [2.45, 2.75) is 13.1 Å². The quantitative estimate of drug-likeness (QED) is 0.869. The molecular formula is C18H18N2O2. The van der Waals surface area contributed by atoms with Crippen LogP contribution in [0.15, 0.2) is 42.5 Å². The van der Waals surface area contributed by atoms with Crippen LogP contribution in [0.5, 0.6) is 11.5 Å². The number of nitrogens with zero attached hydrogens (tertiary/aromatic N) is 2. The molecule has 2 aromatic rings. The Balaban J connectivity index is 1.63. The fourth-order valence-corrected chi connectivity index (χ4v) is 2.55. The molecule has 4 nitrogen and oxygen atoms in total. The Morgan fingerprint density at radius 3 is 2.32 bits per heavy atom. The van der Waals surface area contributed by atoms with Crippen LogP contribution in [0.25, 0.3) is 0 Å². The maximum Gasteiger partial charge on any atom is 0.161 e. The molecule has 0 bridgehead atoms. The van der Waals surface area contributed by atoms with E-state index in [4.69, 9.17) is 14.7 Å². The molecule has 0 spiro atoms. The predicted octanol–water partition coefficient (Wildman–Crippen LogP) is 2.96. The fraction of sp³-hybridized carbons (Fsp3) is 0.278. The second kappa shape index (κ2) is 6.50. The van der Waals surface area contributed by atoms with E-state index in [1.807, 2.05) is 36.4 Å². The third kappa shape index (κ3) is 3.38. The van der Waals surface area contributed by atoms with E-state index in [1.165, 1.54) is 11.1 Å². The Hall–Kier alpha value is -2.51. The molecule has 0 unspecified atom stereocenters. The van der Waals surface area contributed by atoms with Crippen molar-refractivity contribution in [1.29, 1.82) is 5.26 Å². The maximum atomic E-state index is 8.82. The molecule has 4 heteroatoms. The van der Waals surface area contributed by atoms with Gasteiger partial charge in [-0.1, -0.05) is 18.2 Å². The lowest BCUT2D eigenvalue weighted by Crippen LogP contribution is -2.18. The van der Waals surface area contributed by atoms with Gasteiger partial charge >= 0.3 is 0 Å². The molecule has 1 aliphatic rings. The Morgan fingerprint density at radius 1 is 0.955 bits per heavy atom. The molecule has 112 valence electrons. The maximum absolute atomic E-state index is 8.82. The topological polar surface area (TPSA) is 45.5 Å². The van der Waals surface area contributed by atoms with E-state index in [0.717, 1.165) is 24.6 Å². The van der Waals surface area contributed by atoms with E-state index in [-0.39, 0.29) is 0 Å². The molecule has 0 N–H and O–H groups in total. The fourth-order valence-electron chi connectivity index (χ4n) is 2.55. The highest BCUT2D eigenvalue weighted by Gasteiger charge is 2.12. The minimum absolute atomic E-state index is 0.609. The lowest BCUT2D eigenvalue weighted by atomic mass is 10.1. The predicted molar refractivity (Wildman–Crippen MR) is 83.8 cm³/mol. The lowest BCUT2D eigenvalue weighted by Gasteiger charge is -2.21. The zero-order chi connectivity index (χ0) is 15.4. The lowest BCUT2D eigenvalue weighted by molar-refractivity contribution is 0.171. The summed E-state index contributed by atoms with van der Waals surface area (Å²) in [6, 6.07) is 15.9. The number of fused-ring (bicyclic) bond motifs is 1. The largest absolute Gasteiger partial charge is 0.486 e. The van der Waals surface area contributed by atoms with Crippen LogP contribution in [0.4, 0.5) is 0 Å². The summed E-state index contributed by atoms with van der Waals surface area (Å²) < 4.78 is 11.2. The molecule has 1 aliphatic heterocycles. The van der Waals surface area contributed by atoms with Gasteiger partial charge in [-0.3, -0.25) is 4.90 Å². The zero-order valence-electron chi connectivity index (χ0n) is 12.6. The van der Waals surface area contributed by atoms with E-state index in [1.54, 1.807) is 0 Å². The Bertz CT molecular complexity index is 689. The van der Waals surface area contributed by atoms with Gasteiger partial charge in [0.05, 0.1) is 11.6 Å². The molecule has 0 atom stereocenters. The van der Waals surface area contributed by atoms with Crippen molar-refractivity contribution < 1.29 is 9.47 Å². The number of benzene rings is 2. The summed E-state index contributed by atoms with van der Waals surface area (Å²) in [6.45, 7) is 2.89. The molecule has 0 radical (unpaired) electrons. The van der Waals surface area contributed by atoms with Gasteiger partial charge in [-0.2, -0.15) is 5.26 Å². The molecule has 2 aromatic carbocycles. The van der Waals surface area contributed by atoms with Crippen molar-refractivity contribution in [1.82, 2.24) is 4.90 Å². The van der Waals surface area contributed by atoms with Crippen LogP contribution in [0, 0.1) is 11.3 Å². The summed E-state index contributed by atoms with van der Waals surface area (Å²) in [5.41, 5.74) is 3.08. The van der Waals surface area contributed by atoms with Gasteiger partial charge in [0.15, 0.2) is 11.5 Å². The summed E-state index contributed by atoms with van der Waals surface area (Å²) in [7, 11) is 2.08. The highest BCUT2D eigenvalue weighted by Crippen LogP contribution is 2.31. The number of hydrogen-bond acceptors (Lipinski definition) is 4. The zero-order valence-corrected chi connectivity index (χ0v) is 12.6. The van der Waals surface area contributed by atoms with E-state index in [2.05, 4.69) is 24.1 Å². The van der Waals surface area contributed by atoms with Crippen LogP contribution in [-0.2, 0) is 13.1 Å². The first-order chi connectivity index (χ1) is 10.7.